The number of hydrogen-bond donors (Lipinski definition) is 0. The molecule has 0 bridgehead atoms. The molecule has 2 saturated heterocycles. The topological polar surface area (TPSA) is 87.7 Å². The van der Waals surface area contributed by atoms with Gasteiger partial charge in [-0.25, -0.2) is 0 Å². The highest BCUT2D eigenvalue weighted by Gasteiger charge is 2.58. The molecular formula is C37H47F3N2O5Si. The van der Waals surface area contributed by atoms with E-state index >= 15 is 5.21 Å². The maximum Gasteiger partial charge on any atom is 0.417 e. The molecule has 0 N–H and O–H groups in total. The molecule has 7 rings (SSSR count). The average Bonchev–Trinajstić information content (AvgIpc) is 3.32. The zero-order chi connectivity index (χ0) is 34.3. The van der Waals surface area contributed by atoms with Gasteiger partial charge in [-0.3, -0.25) is 0 Å². The molecule has 3 aliphatic heterocycles. The molecule has 5 aliphatic rings. The Balaban J connectivity index is 1.52. The highest BCUT2D eigenvalue weighted by atomic mass is 28.4. The van der Waals surface area contributed by atoms with E-state index in [1.807, 2.05) is 0 Å². The van der Waals surface area contributed by atoms with E-state index < -0.39 is 37.3 Å². The molecule has 0 radical (unpaired) electrons. The Bertz CT molecular complexity index is 1630. The molecule has 0 amide bonds. The zero-order valence-electron chi connectivity index (χ0n) is 28.7. The van der Waals surface area contributed by atoms with Crippen molar-refractivity contribution in [1.82, 2.24) is 0 Å². The van der Waals surface area contributed by atoms with Crippen molar-refractivity contribution in [1.29, 1.82) is 5.26 Å². The van der Waals surface area contributed by atoms with Gasteiger partial charge < -0.3 is 23.8 Å². The van der Waals surface area contributed by atoms with Gasteiger partial charge in [-0.05, 0) is 73.3 Å². The zero-order valence-corrected chi connectivity index (χ0v) is 29.7. The third-order valence-electron chi connectivity index (χ3n) is 12.5. The largest absolute Gasteiger partial charge is 0.618 e. The van der Waals surface area contributed by atoms with Crippen LogP contribution in [0.25, 0.3) is 0 Å². The number of halogens is 3. The lowest BCUT2D eigenvalue weighted by molar-refractivity contribution is -0.627. The normalized spacial score (nSPS) is 25.4. The van der Waals surface area contributed by atoms with E-state index in [0.29, 0.717) is 69.8 Å². The van der Waals surface area contributed by atoms with Crippen LogP contribution in [0.1, 0.15) is 135 Å². The number of ether oxygens (including phenoxy) is 3. The molecule has 2 atom stereocenters. The number of rotatable bonds is 4. The number of benzene rings is 1. The van der Waals surface area contributed by atoms with E-state index in [0.717, 1.165) is 54.1 Å². The van der Waals surface area contributed by atoms with Crippen molar-refractivity contribution >= 4 is 8.32 Å². The van der Waals surface area contributed by atoms with Gasteiger partial charge in [0, 0.05) is 57.2 Å². The van der Waals surface area contributed by atoms with E-state index in [-0.39, 0.29) is 22.5 Å². The predicted molar refractivity (Wildman–Crippen MR) is 175 cm³/mol. The van der Waals surface area contributed by atoms with E-state index in [4.69, 9.17) is 18.6 Å². The lowest BCUT2D eigenvalue weighted by atomic mass is 9.58. The molecule has 1 saturated carbocycles. The van der Waals surface area contributed by atoms with Gasteiger partial charge in [-0.2, -0.15) is 23.2 Å². The fraction of sp³-hybridized carbons (Fsp3) is 0.676. The van der Waals surface area contributed by atoms with E-state index in [2.05, 4.69) is 33.9 Å². The second kappa shape index (κ2) is 11.8. The minimum Gasteiger partial charge on any atom is -0.618 e. The van der Waals surface area contributed by atoms with Crippen molar-refractivity contribution < 1.29 is 36.5 Å². The minimum atomic E-state index is -4.67. The Morgan fingerprint density at radius 2 is 1.67 bits per heavy atom. The van der Waals surface area contributed by atoms with Gasteiger partial charge in [0.15, 0.2) is 14.0 Å². The molecule has 4 heterocycles. The van der Waals surface area contributed by atoms with Crippen LogP contribution in [0.4, 0.5) is 13.2 Å². The number of hydrogen-bond acceptors (Lipinski definition) is 6. The first-order valence-electron chi connectivity index (χ1n) is 17.5. The standard InChI is InChI=1S/C37H47F3N2O5Si/c1-34(2,3)48(4,5)47-28-21-35(11-6-12-35)20-27-29(28)31-30(32(42(27)43)23-9-15-44-16-10-23)33(46-36(31)13-17-45-18-14-36)24-7-8-26(37(38,39)40)25(19-24)22-41/h7-8,19,23,28,33H,6,9-18,20-21H2,1-5H3/t28?,33-/m1/s1. The molecule has 1 aromatic carbocycles. The minimum absolute atomic E-state index is 0.0181. The first-order valence-corrected chi connectivity index (χ1v) is 20.5. The Morgan fingerprint density at radius 1 is 1.00 bits per heavy atom. The number of alkyl halides is 3. The molecule has 11 heteroatoms. The van der Waals surface area contributed by atoms with Crippen LogP contribution in [0.2, 0.25) is 18.1 Å². The molecule has 1 aromatic heterocycles. The Kier molecular flexibility index (Phi) is 8.35. The van der Waals surface area contributed by atoms with Crippen LogP contribution in [-0.4, -0.2) is 34.7 Å². The Hall–Kier alpha value is -2.49. The van der Waals surface area contributed by atoms with Crippen molar-refractivity contribution in [2.24, 2.45) is 5.41 Å². The van der Waals surface area contributed by atoms with Crippen molar-refractivity contribution in [2.75, 3.05) is 26.4 Å². The molecule has 2 aliphatic carbocycles. The maximum absolute atomic E-state index is 15.1. The maximum atomic E-state index is 15.1. The molecular weight excluding hydrogens is 637 g/mol. The predicted octanol–water partition coefficient (Wildman–Crippen LogP) is 8.41. The highest BCUT2D eigenvalue weighted by molar-refractivity contribution is 6.74. The smallest absolute Gasteiger partial charge is 0.417 e. The number of pyridine rings is 1. The quantitative estimate of drug-likeness (QED) is 0.183. The van der Waals surface area contributed by atoms with Gasteiger partial charge >= 0.3 is 6.18 Å². The summed E-state index contributed by atoms with van der Waals surface area (Å²) in [5.74, 6) is -0.0969. The summed E-state index contributed by atoms with van der Waals surface area (Å²) in [5.41, 5.74) is 2.37. The second-order valence-corrected chi connectivity index (χ2v) is 21.1. The first-order chi connectivity index (χ1) is 22.6. The molecule has 2 aromatic rings. The molecule has 1 unspecified atom stereocenters. The number of nitriles is 1. The number of nitrogens with zero attached hydrogens (tertiary/aromatic N) is 2. The second-order valence-electron chi connectivity index (χ2n) is 16.3. The summed E-state index contributed by atoms with van der Waals surface area (Å²) in [6, 6.07) is 5.49. The molecule has 7 nitrogen and oxygen atoms in total. The van der Waals surface area contributed by atoms with Crippen LogP contribution in [0.3, 0.4) is 0 Å². The highest BCUT2D eigenvalue weighted by Crippen LogP contribution is 2.61. The van der Waals surface area contributed by atoms with Crippen LogP contribution >= 0.6 is 0 Å². The van der Waals surface area contributed by atoms with Crippen molar-refractivity contribution in [2.45, 2.75) is 127 Å². The fourth-order valence-corrected chi connectivity index (χ4v) is 10.00. The lowest BCUT2D eigenvalue weighted by Gasteiger charge is -2.50. The van der Waals surface area contributed by atoms with Crippen LogP contribution in [0.5, 0.6) is 0 Å². The summed E-state index contributed by atoms with van der Waals surface area (Å²) in [5, 5.41) is 24.9. The van der Waals surface area contributed by atoms with Gasteiger partial charge in [-0.15, -0.1) is 0 Å². The van der Waals surface area contributed by atoms with Gasteiger partial charge in [0.05, 0.1) is 40.0 Å². The summed E-state index contributed by atoms with van der Waals surface area (Å²) in [4.78, 5) is 0. The van der Waals surface area contributed by atoms with Crippen molar-refractivity contribution in [3.05, 3.63) is 68.2 Å². The van der Waals surface area contributed by atoms with E-state index in [1.165, 1.54) is 16.9 Å². The van der Waals surface area contributed by atoms with E-state index in [9.17, 15) is 18.4 Å². The van der Waals surface area contributed by atoms with Crippen LogP contribution < -0.4 is 4.73 Å². The van der Waals surface area contributed by atoms with Crippen LogP contribution in [0, 0.1) is 22.0 Å². The monoisotopic (exact) mass is 684 g/mol. The summed E-state index contributed by atoms with van der Waals surface area (Å²) in [6.45, 7) is 13.2. The summed E-state index contributed by atoms with van der Waals surface area (Å²) >= 11 is 0. The lowest BCUT2D eigenvalue weighted by Crippen LogP contribution is -2.52. The number of aromatic nitrogens is 1. The summed E-state index contributed by atoms with van der Waals surface area (Å²) in [6.07, 6.45) is 1.46. The third-order valence-corrected chi connectivity index (χ3v) is 17.0. The van der Waals surface area contributed by atoms with Gasteiger partial charge in [0.2, 0.25) is 5.69 Å². The SMILES string of the molecule is CC(C)(C)[Si](C)(C)OC1CC2(CCC2)Cc2c1c1c(c(C3CCOCC3)[n+]2[O-])[C@@H](c2ccc(C(F)(F)F)c(C#N)c2)OC12CCOCC2. The molecule has 260 valence electrons. The average molecular weight is 685 g/mol. The van der Waals surface area contributed by atoms with Crippen LogP contribution in [-0.2, 0) is 36.8 Å². The van der Waals surface area contributed by atoms with Gasteiger partial charge in [0.25, 0.3) is 0 Å². The Labute approximate surface area is 282 Å². The van der Waals surface area contributed by atoms with Gasteiger partial charge in [0.1, 0.15) is 6.10 Å². The van der Waals surface area contributed by atoms with E-state index in [1.54, 1.807) is 6.07 Å². The van der Waals surface area contributed by atoms with Crippen molar-refractivity contribution in [3.8, 4) is 6.07 Å². The summed E-state index contributed by atoms with van der Waals surface area (Å²) < 4.78 is 69.0. The molecule has 2 spiro atoms. The molecule has 3 fully saturated rings. The fourth-order valence-electron chi connectivity index (χ4n) is 8.73. The van der Waals surface area contributed by atoms with Crippen LogP contribution in [0.15, 0.2) is 18.2 Å². The third kappa shape index (κ3) is 5.50. The van der Waals surface area contributed by atoms with Crippen molar-refractivity contribution in [3.63, 3.8) is 0 Å². The first kappa shape index (κ1) is 34.0. The molecule has 48 heavy (non-hydrogen) atoms. The summed E-state index contributed by atoms with van der Waals surface area (Å²) in [7, 11) is -2.32. The van der Waals surface area contributed by atoms with Gasteiger partial charge in [-0.1, -0.05) is 33.3 Å². The Morgan fingerprint density at radius 3 is 2.25 bits per heavy atom. The number of fused-ring (bicyclic) bond motifs is 4.